The lowest BCUT2D eigenvalue weighted by Crippen LogP contribution is -2.07. The molecule has 1 aromatic carbocycles. The molecule has 0 atom stereocenters. The second-order valence-electron chi connectivity index (χ2n) is 4.43. The van der Waals surface area contributed by atoms with Crippen molar-refractivity contribution >= 4 is 17.4 Å². The maximum Gasteiger partial charge on any atom is 0.283 e. The molecule has 0 aliphatic heterocycles. The van der Waals surface area contributed by atoms with Gasteiger partial charge in [-0.2, -0.15) is 0 Å². The average Bonchev–Trinajstić information content (AvgIpc) is 2.15. The smallest absolute Gasteiger partial charge is 0.283 e. The molecule has 0 aliphatic rings. The molecule has 0 fully saturated rings. The molecule has 88 valence electrons. The van der Waals surface area contributed by atoms with E-state index in [9.17, 15) is 10.1 Å². The number of aliphatic hydroxyl groups is 1. The molecule has 0 amide bonds. The number of hydrogen-bond donors (Lipinski definition) is 1. The first-order valence-electron chi connectivity index (χ1n) is 4.90. The Bertz CT molecular complexity index is 399. The van der Waals surface area contributed by atoms with Crippen molar-refractivity contribution in [3.8, 4) is 0 Å². The van der Waals surface area contributed by atoms with Gasteiger partial charge in [0.25, 0.3) is 5.69 Å². The van der Waals surface area contributed by atoms with Gasteiger partial charge in [-0.05, 0) is 11.6 Å². The van der Waals surface area contributed by atoms with Crippen LogP contribution in [0.5, 0.6) is 0 Å². The topological polar surface area (TPSA) is 63.4 Å². The van der Waals surface area contributed by atoms with Gasteiger partial charge in [-0.1, -0.05) is 26.8 Å². The van der Waals surface area contributed by atoms with Gasteiger partial charge in [0.15, 0.2) is 0 Å². The van der Waals surface area contributed by atoms with Gasteiger partial charge in [0.05, 0.1) is 16.4 Å². The Kier molecular flexibility index (Phi) is 3.93. The maximum absolute atomic E-state index is 10.9. The zero-order chi connectivity index (χ0) is 12.3. The van der Waals surface area contributed by atoms with E-state index in [2.05, 4.69) is 0 Å². The van der Waals surface area contributed by atoms with Gasteiger partial charge in [0, 0.05) is 10.8 Å². The number of aliphatic hydroxyl groups excluding tert-OH is 1. The number of hydrogen-bond acceptors (Lipinski definition) is 4. The second-order valence-corrected chi connectivity index (χ2v) is 6.30. The molecule has 16 heavy (non-hydrogen) atoms. The van der Waals surface area contributed by atoms with Gasteiger partial charge in [0.1, 0.15) is 0 Å². The summed E-state index contributed by atoms with van der Waals surface area (Å²) >= 11 is 1.45. The minimum Gasteiger partial charge on any atom is -0.392 e. The van der Waals surface area contributed by atoms with Gasteiger partial charge in [-0.25, -0.2) is 0 Å². The van der Waals surface area contributed by atoms with E-state index in [1.54, 1.807) is 12.1 Å². The molecule has 0 radical (unpaired) electrons. The number of rotatable bonds is 3. The van der Waals surface area contributed by atoms with Crippen LogP contribution in [-0.4, -0.2) is 14.8 Å². The third-order valence-corrected chi connectivity index (χ3v) is 3.00. The van der Waals surface area contributed by atoms with Crippen LogP contribution in [-0.2, 0) is 6.61 Å². The molecular formula is C11H15NO3S. The van der Waals surface area contributed by atoms with E-state index < -0.39 is 4.92 Å². The second kappa shape index (κ2) is 4.84. The molecule has 0 aromatic heterocycles. The fourth-order valence-corrected chi connectivity index (χ4v) is 2.25. The number of nitrogens with zero attached hydrogens (tertiary/aromatic N) is 1. The van der Waals surface area contributed by atoms with E-state index in [1.165, 1.54) is 17.8 Å². The maximum atomic E-state index is 10.9. The molecule has 0 aliphatic carbocycles. The molecular weight excluding hydrogens is 226 g/mol. The summed E-state index contributed by atoms with van der Waals surface area (Å²) in [4.78, 5) is 11.1. The van der Waals surface area contributed by atoms with Crippen molar-refractivity contribution in [3.05, 3.63) is 33.9 Å². The Morgan fingerprint density at radius 2 is 2.06 bits per heavy atom. The van der Waals surface area contributed by atoms with Crippen LogP contribution in [0.3, 0.4) is 0 Å². The summed E-state index contributed by atoms with van der Waals surface area (Å²) in [6.07, 6.45) is 0. The summed E-state index contributed by atoms with van der Waals surface area (Å²) in [7, 11) is 0. The Morgan fingerprint density at radius 1 is 1.44 bits per heavy atom. The number of thioether (sulfide) groups is 1. The van der Waals surface area contributed by atoms with E-state index >= 15 is 0 Å². The molecule has 4 nitrogen and oxygen atoms in total. The van der Waals surface area contributed by atoms with Crippen molar-refractivity contribution in [2.24, 2.45) is 0 Å². The predicted molar refractivity (Wildman–Crippen MR) is 64.6 cm³/mol. The van der Waals surface area contributed by atoms with Crippen molar-refractivity contribution in [2.45, 2.75) is 37.0 Å². The Labute approximate surface area is 98.8 Å². The summed E-state index contributed by atoms with van der Waals surface area (Å²) in [5.74, 6) is 0. The van der Waals surface area contributed by atoms with Crippen molar-refractivity contribution in [2.75, 3.05) is 0 Å². The van der Waals surface area contributed by atoms with E-state index in [0.717, 1.165) is 0 Å². The van der Waals surface area contributed by atoms with Crippen LogP contribution in [0.4, 0.5) is 5.69 Å². The predicted octanol–water partition coefficient (Wildman–Crippen LogP) is 2.98. The molecule has 0 bridgehead atoms. The number of nitro groups is 1. The molecule has 0 heterocycles. The van der Waals surface area contributed by atoms with Crippen LogP contribution in [0.15, 0.2) is 23.1 Å². The lowest BCUT2D eigenvalue weighted by Gasteiger charge is -2.17. The average molecular weight is 241 g/mol. The third kappa shape index (κ3) is 3.50. The lowest BCUT2D eigenvalue weighted by atomic mass is 10.2. The highest BCUT2D eigenvalue weighted by Gasteiger charge is 2.20. The largest absolute Gasteiger partial charge is 0.392 e. The fraction of sp³-hybridized carbons (Fsp3) is 0.455. The first kappa shape index (κ1) is 13.0. The third-order valence-electron chi connectivity index (χ3n) is 1.82. The van der Waals surface area contributed by atoms with Crippen LogP contribution < -0.4 is 0 Å². The Balaban J connectivity index is 3.13. The first-order valence-corrected chi connectivity index (χ1v) is 5.72. The molecule has 1 rings (SSSR count). The number of benzene rings is 1. The Hall–Kier alpha value is -1.07. The molecule has 1 N–H and O–H groups in total. The van der Waals surface area contributed by atoms with Crippen molar-refractivity contribution in [1.82, 2.24) is 0 Å². The molecule has 5 heteroatoms. The highest BCUT2D eigenvalue weighted by atomic mass is 32.2. The minimum atomic E-state index is -0.409. The molecule has 1 aromatic rings. The van der Waals surface area contributed by atoms with E-state index in [1.807, 2.05) is 20.8 Å². The summed E-state index contributed by atoms with van der Waals surface area (Å²) in [5, 5.41) is 19.8. The normalized spacial score (nSPS) is 11.5. The van der Waals surface area contributed by atoms with Gasteiger partial charge < -0.3 is 5.11 Å². The summed E-state index contributed by atoms with van der Waals surface area (Å²) in [6, 6.07) is 4.83. The van der Waals surface area contributed by atoms with Gasteiger partial charge >= 0.3 is 0 Å². The summed E-state index contributed by atoms with van der Waals surface area (Å²) in [6.45, 7) is 5.82. The number of nitro benzene ring substituents is 1. The van der Waals surface area contributed by atoms with Crippen LogP contribution in [0.1, 0.15) is 26.3 Å². The highest BCUT2D eigenvalue weighted by Crippen LogP contribution is 2.37. The monoisotopic (exact) mass is 241 g/mol. The zero-order valence-corrected chi connectivity index (χ0v) is 10.4. The lowest BCUT2D eigenvalue weighted by molar-refractivity contribution is -0.387. The van der Waals surface area contributed by atoms with Crippen molar-refractivity contribution in [3.63, 3.8) is 0 Å². The van der Waals surface area contributed by atoms with Crippen molar-refractivity contribution < 1.29 is 10.0 Å². The van der Waals surface area contributed by atoms with Crippen LogP contribution in [0, 0.1) is 10.1 Å². The van der Waals surface area contributed by atoms with Crippen molar-refractivity contribution in [1.29, 1.82) is 0 Å². The fourth-order valence-electron chi connectivity index (χ4n) is 1.22. The first-order chi connectivity index (χ1) is 7.33. The van der Waals surface area contributed by atoms with E-state index in [0.29, 0.717) is 10.5 Å². The van der Waals surface area contributed by atoms with Crippen LogP contribution in [0.25, 0.3) is 0 Å². The van der Waals surface area contributed by atoms with Gasteiger partial charge in [-0.15, -0.1) is 11.8 Å². The molecule has 0 spiro atoms. The van der Waals surface area contributed by atoms with E-state index in [-0.39, 0.29) is 17.0 Å². The molecule has 0 saturated heterocycles. The molecule has 0 unspecified atom stereocenters. The standard InChI is InChI=1S/C11H15NO3S/c1-11(2,3)16-10-5-4-8(7-13)6-9(10)12(14)15/h4-6,13H,7H2,1-3H3. The quantitative estimate of drug-likeness (QED) is 0.502. The summed E-state index contributed by atoms with van der Waals surface area (Å²) in [5.41, 5.74) is 0.622. The van der Waals surface area contributed by atoms with E-state index in [4.69, 9.17) is 5.11 Å². The van der Waals surface area contributed by atoms with Gasteiger partial charge in [0.2, 0.25) is 0 Å². The summed E-state index contributed by atoms with van der Waals surface area (Å²) < 4.78 is -0.0779. The zero-order valence-electron chi connectivity index (χ0n) is 9.56. The Morgan fingerprint density at radius 3 is 2.50 bits per heavy atom. The van der Waals surface area contributed by atoms with Crippen LogP contribution >= 0.6 is 11.8 Å². The van der Waals surface area contributed by atoms with Gasteiger partial charge in [-0.3, -0.25) is 10.1 Å². The van der Waals surface area contributed by atoms with Crippen LogP contribution in [0.2, 0.25) is 0 Å². The SMILES string of the molecule is CC(C)(C)Sc1ccc(CO)cc1[N+](=O)[O-]. The molecule has 0 saturated carbocycles. The highest BCUT2D eigenvalue weighted by molar-refractivity contribution is 8.00. The minimum absolute atomic E-state index is 0.0616.